The molecule has 1 amide bonds. The Morgan fingerprint density at radius 3 is 2.83 bits per heavy atom. The summed E-state index contributed by atoms with van der Waals surface area (Å²) >= 11 is 0. The van der Waals surface area contributed by atoms with Crippen molar-refractivity contribution in [3.8, 4) is 5.75 Å². The van der Waals surface area contributed by atoms with Crippen LogP contribution < -0.4 is 15.4 Å². The first-order chi connectivity index (χ1) is 8.67. The predicted octanol–water partition coefficient (Wildman–Crippen LogP) is 1.01. The molecule has 0 aliphatic rings. The molecule has 2 N–H and O–H groups in total. The van der Waals surface area contributed by atoms with E-state index < -0.39 is 5.82 Å². The van der Waals surface area contributed by atoms with Gasteiger partial charge in [-0.3, -0.25) is 4.79 Å². The van der Waals surface area contributed by atoms with E-state index >= 15 is 0 Å². The zero-order chi connectivity index (χ0) is 13.4. The molecule has 0 atom stereocenters. The van der Waals surface area contributed by atoms with Gasteiger partial charge in [0.2, 0.25) is 5.91 Å². The van der Waals surface area contributed by atoms with Crippen molar-refractivity contribution >= 4 is 11.6 Å². The molecule has 1 aromatic rings. The van der Waals surface area contributed by atoms with Crippen molar-refractivity contribution in [2.24, 2.45) is 0 Å². The van der Waals surface area contributed by atoms with Gasteiger partial charge >= 0.3 is 0 Å². The molecule has 0 radical (unpaired) electrons. The van der Waals surface area contributed by atoms with Crippen LogP contribution in [0.4, 0.5) is 10.1 Å². The number of amides is 1. The molecule has 0 aliphatic carbocycles. The Labute approximate surface area is 105 Å². The van der Waals surface area contributed by atoms with Crippen LogP contribution in [0.3, 0.4) is 0 Å². The average molecular weight is 256 g/mol. The lowest BCUT2D eigenvalue weighted by Crippen LogP contribution is -2.25. The lowest BCUT2D eigenvalue weighted by atomic mass is 10.2. The molecule has 100 valence electrons. The number of anilines is 1. The van der Waals surface area contributed by atoms with Gasteiger partial charge in [-0.2, -0.15) is 0 Å². The number of rotatable bonds is 7. The SMILES string of the molecule is CNCC(=O)Nc1cc(F)ccc1OCCOC. The Hall–Kier alpha value is -1.66. The minimum atomic E-state index is -0.436. The number of hydrogen-bond donors (Lipinski definition) is 2. The van der Waals surface area contributed by atoms with Crippen molar-refractivity contribution in [1.29, 1.82) is 0 Å². The molecule has 0 aliphatic heterocycles. The molecule has 0 aromatic heterocycles. The Kier molecular flexibility index (Phi) is 6.10. The minimum Gasteiger partial charge on any atom is -0.489 e. The summed E-state index contributed by atoms with van der Waals surface area (Å²) in [5.74, 6) is -0.286. The fourth-order valence-corrected chi connectivity index (χ4v) is 1.32. The summed E-state index contributed by atoms with van der Waals surface area (Å²) in [6.45, 7) is 0.895. The average Bonchev–Trinajstić information content (AvgIpc) is 2.32. The minimum absolute atomic E-state index is 0.147. The summed E-state index contributed by atoms with van der Waals surface area (Å²) in [6, 6.07) is 3.96. The van der Waals surface area contributed by atoms with Crippen LogP contribution in [0.2, 0.25) is 0 Å². The Morgan fingerprint density at radius 2 is 2.17 bits per heavy atom. The normalized spacial score (nSPS) is 10.2. The largest absolute Gasteiger partial charge is 0.489 e. The van der Waals surface area contributed by atoms with Crippen molar-refractivity contribution in [2.75, 3.05) is 39.2 Å². The van der Waals surface area contributed by atoms with Crippen LogP contribution in [0.15, 0.2) is 18.2 Å². The van der Waals surface area contributed by atoms with Crippen LogP contribution >= 0.6 is 0 Å². The van der Waals surface area contributed by atoms with Gasteiger partial charge in [0.15, 0.2) is 0 Å². The van der Waals surface area contributed by atoms with E-state index in [-0.39, 0.29) is 12.5 Å². The molecule has 0 saturated carbocycles. The van der Waals surface area contributed by atoms with E-state index in [1.807, 2.05) is 0 Å². The summed E-state index contributed by atoms with van der Waals surface area (Å²) in [5.41, 5.74) is 0.311. The summed E-state index contributed by atoms with van der Waals surface area (Å²) in [7, 11) is 3.21. The molecule has 0 heterocycles. The predicted molar refractivity (Wildman–Crippen MR) is 66.3 cm³/mol. The monoisotopic (exact) mass is 256 g/mol. The highest BCUT2D eigenvalue weighted by Gasteiger charge is 2.08. The maximum Gasteiger partial charge on any atom is 0.238 e. The Balaban J connectivity index is 2.73. The number of benzene rings is 1. The van der Waals surface area contributed by atoms with E-state index in [1.165, 1.54) is 18.2 Å². The van der Waals surface area contributed by atoms with Crippen molar-refractivity contribution in [1.82, 2.24) is 5.32 Å². The van der Waals surface area contributed by atoms with Gasteiger partial charge in [-0.1, -0.05) is 0 Å². The highest BCUT2D eigenvalue weighted by atomic mass is 19.1. The van der Waals surface area contributed by atoms with Crippen molar-refractivity contribution in [3.63, 3.8) is 0 Å². The number of likely N-dealkylation sites (N-methyl/N-ethyl adjacent to an activating group) is 1. The maximum atomic E-state index is 13.1. The maximum absolute atomic E-state index is 13.1. The zero-order valence-electron chi connectivity index (χ0n) is 10.5. The molecule has 1 rings (SSSR count). The van der Waals surface area contributed by atoms with Crippen molar-refractivity contribution < 1.29 is 18.7 Å². The fourth-order valence-electron chi connectivity index (χ4n) is 1.32. The molecule has 1 aromatic carbocycles. The number of nitrogens with one attached hydrogen (secondary N) is 2. The van der Waals surface area contributed by atoms with Crippen molar-refractivity contribution in [2.45, 2.75) is 0 Å². The van der Waals surface area contributed by atoms with Crippen LogP contribution in [0, 0.1) is 5.82 Å². The first-order valence-corrected chi connectivity index (χ1v) is 5.53. The molecule has 0 fully saturated rings. The van der Waals surface area contributed by atoms with Gasteiger partial charge in [0.1, 0.15) is 18.2 Å². The highest BCUT2D eigenvalue weighted by Crippen LogP contribution is 2.25. The van der Waals surface area contributed by atoms with E-state index in [4.69, 9.17) is 9.47 Å². The van der Waals surface area contributed by atoms with Gasteiger partial charge in [0.25, 0.3) is 0 Å². The first kappa shape index (κ1) is 14.4. The van der Waals surface area contributed by atoms with E-state index in [0.717, 1.165) is 0 Å². The van der Waals surface area contributed by atoms with Gasteiger partial charge in [-0.05, 0) is 19.2 Å². The fraction of sp³-hybridized carbons (Fsp3) is 0.417. The molecule has 0 bridgehead atoms. The van der Waals surface area contributed by atoms with E-state index in [2.05, 4.69) is 10.6 Å². The number of carbonyl (C=O) groups excluding carboxylic acids is 1. The Bertz CT molecular complexity index is 399. The van der Waals surface area contributed by atoms with Crippen LogP contribution in [0.5, 0.6) is 5.75 Å². The van der Waals surface area contributed by atoms with Crippen molar-refractivity contribution in [3.05, 3.63) is 24.0 Å². The van der Waals surface area contributed by atoms with E-state index in [9.17, 15) is 9.18 Å². The van der Waals surface area contributed by atoms with Crippen LogP contribution in [0.25, 0.3) is 0 Å². The Morgan fingerprint density at radius 1 is 1.39 bits per heavy atom. The lowest BCUT2D eigenvalue weighted by Gasteiger charge is -2.12. The second kappa shape index (κ2) is 7.62. The number of halogens is 1. The second-order valence-electron chi connectivity index (χ2n) is 3.56. The van der Waals surface area contributed by atoms with Crippen LogP contribution in [-0.4, -0.2) is 39.8 Å². The summed E-state index contributed by atoms with van der Waals surface area (Å²) in [5, 5.41) is 5.28. The molecular weight excluding hydrogens is 239 g/mol. The molecule has 0 spiro atoms. The summed E-state index contributed by atoms with van der Waals surface area (Å²) in [6.07, 6.45) is 0. The lowest BCUT2D eigenvalue weighted by molar-refractivity contribution is -0.115. The summed E-state index contributed by atoms with van der Waals surface area (Å²) < 4.78 is 23.4. The van der Waals surface area contributed by atoms with Gasteiger partial charge in [-0.25, -0.2) is 4.39 Å². The van der Waals surface area contributed by atoms with E-state index in [1.54, 1.807) is 14.2 Å². The summed E-state index contributed by atoms with van der Waals surface area (Å²) in [4.78, 5) is 11.4. The number of methoxy groups -OCH3 is 1. The molecular formula is C12H17FN2O3. The zero-order valence-corrected chi connectivity index (χ0v) is 10.5. The van der Waals surface area contributed by atoms with Crippen LogP contribution in [-0.2, 0) is 9.53 Å². The molecule has 18 heavy (non-hydrogen) atoms. The smallest absolute Gasteiger partial charge is 0.238 e. The topological polar surface area (TPSA) is 59.6 Å². The molecule has 6 heteroatoms. The quantitative estimate of drug-likeness (QED) is 0.715. The number of ether oxygens (including phenoxy) is 2. The standard InChI is InChI=1S/C12H17FN2O3/c1-14-8-12(16)15-10-7-9(13)3-4-11(10)18-6-5-17-2/h3-4,7,14H,5-6,8H2,1-2H3,(H,15,16). The molecule has 5 nitrogen and oxygen atoms in total. The van der Waals surface area contributed by atoms with Gasteiger partial charge < -0.3 is 20.1 Å². The first-order valence-electron chi connectivity index (χ1n) is 5.53. The number of carbonyl (C=O) groups is 1. The van der Waals surface area contributed by atoms with Gasteiger partial charge in [-0.15, -0.1) is 0 Å². The third-order valence-corrected chi connectivity index (χ3v) is 2.10. The van der Waals surface area contributed by atoms with Gasteiger partial charge in [0.05, 0.1) is 18.8 Å². The third-order valence-electron chi connectivity index (χ3n) is 2.10. The third kappa shape index (κ3) is 4.68. The van der Waals surface area contributed by atoms with E-state index in [0.29, 0.717) is 24.7 Å². The van der Waals surface area contributed by atoms with Crippen LogP contribution in [0.1, 0.15) is 0 Å². The molecule has 0 saturated heterocycles. The van der Waals surface area contributed by atoms with Gasteiger partial charge in [0, 0.05) is 13.2 Å². The number of hydrogen-bond acceptors (Lipinski definition) is 4. The highest BCUT2D eigenvalue weighted by molar-refractivity contribution is 5.93. The molecule has 0 unspecified atom stereocenters. The second-order valence-corrected chi connectivity index (χ2v) is 3.56.